The Morgan fingerprint density at radius 1 is 1.20 bits per heavy atom. The van der Waals surface area contributed by atoms with Crippen molar-refractivity contribution in [1.29, 1.82) is 0 Å². The van der Waals surface area contributed by atoms with Gasteiger partial charge in [-0.15, -0.1) is 0 Å². The van der Waals surface area contributed by atoms with Gasteiger partial charge in [0.25, 0.3) is 0 Å². The molecule has 0 spiro atoms. The van der Waals surface area contributed by atoms with E-state index < -0.39 is 5.97 Å². The van der Waals surface area contributed by atoms with Crippen molar-refractivity contribution in [3.63, 3.8) is 0 Å². The first-order valence-electron chi connectivity index (χ1n) is 5.79. The number of carboxylic acids is 1. The summed E-state index contributed by atoms with van der Waals surface area (Å²) in [6.07, 6.45) is 1.49. The molecule has 6 heteroatoms. The van der Waals surface area contributed by atoms with Crippen molar-refractivity contribution in [3.05, 3.63) is 58.9 Å². The molecule has 0 saturated carbocycles. The van der Waals surface area contributed by atoms with Crippen LogP contribution in [-0.4, -0.2) is 22.0 Å². The standard InChI is InChI=1S/C14H11ClN2O3/c15-10-5-3-9(4-6-10)8-12(18)17-11-2-1-7-16-13(11)14(19)20/h1-7H,8H2,(H,17,18)(H,19,20). The van der Waals surface area contributed by atoms with Gasteiger partial charge < -0.3 is 10.4 Å². The maximum atomic E-state index is 11.9. The quantitative estimate of drug-likeness (QED) is 0.907. The number of halogens is 1. The van der Waals surface area contributed by atoms with Gasteiger partial charge in [0.05, 0.1) is 12.1 Å². The molecule has 20 heavy (non-hydrogen) atoms. The topological polar surface area (TPSA) is 79.3 Å². The van der Waals surface area contributed by atoms with Gasteiger partial charge >= 0.3 is 5.97 Å². The third-order valence-electron chi connectivity index (χ3n) is 2.56. The van der Waals surface area contributed by atoms with E-state index >= 15 is 0 Å². The minimum Gasteiger partial charge on any atom is -0.476 e. The number of hydrogen-bond acceptors (Lipinski definition) is 3. The molecule has 0 bridgehead atoms. The fourth-order valence-electron chi connectivity index (χ4n) is 1.66. The number of carbonyl (C=O) groups excluding carboxylic acids is 1. The van der Waals surface area contributed by atoms with Crippen molar-refractivity contribution in [1.82, 2.24) is 4.98 Å². The Morgan fingerprint density at radius 3 is 2.55 bits per heavy atom. The monoisotopic (exact) mass is 290 g/mol. The lowest BCUT2D eigenvalue weighted by molar-refractivity contribution is -0.115. The molecule has 0 aliphatic rings. The molecule has 0 aliphatic heterocycles. The van der Waals surface area contributed by atoms with Gasteiger partial charge in [0.15, 0.2) is 5.69 Å². The molecule has 1 heterocycles. The average Bonchev–Trinajstić information content (AvgIpc) is 2.41. The average molecular weight is 291 g/mol. The number of pyridine rings is 1. The molecule has 1 aromatic heterocycles. The highest BCUT2D eigenvalue weighted by molar-refractivity contribution is 6.30. The number of hydrogen-bond donors (Lipinski definition) is 2. The molecule has 1 amide bonds. The Balaban J connectivity index is 2.08. The SMILES string of the molecule is O=C(Cc1ccc(Cl)cc1)Nc1cccnc1C(=O)O. The Bertz CT molecular complexity index is 641. The number of anilines is 1. The Labute approximate surface area is 120 Å². The zero-order chi connectivity index (χ0) is 14.5. The second kappa shape index (κ2) is 6.16. The lowest BCUT2D eigenvalue weighted by Gasteiger charge is -2.07. The van der Waals surface area contributed by atoms with Gasteiger partial charge in [-0.25, -0.2) is 9.78 Å². The Hall–Kier alpha value is -2.40. The van der Waals surface area contributed by atoms with Crippen molar-refractivity contribution < 1.29 is 14.7 Å². The summed E-state index contributed by atoms with van der Waals surface area (Å²) in [5.41, 5.74) is 0.781. The van der Waals surface area contributed by atoms with Crippen LogP contribution >= 0.6 is 11.6 Å². The van der Waals surface area contributed by atoms with Gasteiger partial charge in [-0.2, -0.15) is 0 Å². The van der Waals surface area contributed by atoms with E-state index in [0.717, 1.165) is 5.56 Å². The molecule has 2 aromatic rings. The molecular weight excluding hydrogens is 280 g/mol. The van der Waals surface area contributed by atoms with Crippen LogP contribution in [0, 0.1) is 0 Å². The minimum absolute atomic E-state index is 0.130. The third kappa shape index (κ3) is 3.55. The summed E-state index contributed by atoms with van der Waals surface area (Å²) in [6, 6.07) is 9.92. The summed E-state index contributed by atoms with van der Waals surface area (Å²) >= 11 is 5.76. The summed E-state index contributed by atoms with van der Waals surface area (Å²) < 4.78 is 0. The van der Waals surface area contributed by atoms with Crippen molar-refractivity contribution in [3.8, 4) is 0 Å². The van der Waals surface area contributed by atoms with Crippen molar-refractivity contribution >= 4 is 29.2 Å². The van der Waals surface area contributed by atoms with Crippen LogP contribution in [-0.2, 0) is 11.2 Å². The predicted octanol–water partition coefficient (Wildman–Crippen LogP) is 2.61. The molecular formula is C14H11ClN2O3. The summed E-state index contributed by atoms with van der Waals surface area (Å²) in [5, 5.41) is 12.1. The molecule has 0 fully saturated rings. The highest BCUT2D eigenvalue weighted by atomic mass is 35.5. The fraction of sp³-hybridized carbons (Fsp3) is 0.0714. The van der Waals surface area contributed by atoms with Gasteiger partial charge in [0.1, 0.15) is 0 Å². The van der Waals surface area contributed by atoms with E-state index in [1.807, 2.05) is 0 Å². The van der Waals surface area contributed by atoms with Gasteiger partial charge in [-0.3, -0.25) is 4.79 Å². The number of rotatable bonds is 4. The van der Waals surface area contributed by atoms with Gasteiger partial charge in [-0.05, 0) is 29.8 Å². The highest BCUT2D eigenvalue weighted by Gasteiger charge is 2.13. The van der Waals surface area contributed by atoms with E-state index in [0.29, 0.717) is 5.02 Å². The van der Waals surface area contributed by atoms with Crippen LogP contribution in [0.5, 0.6) is 0 Å². The van der Waals surface area contributed by atoms with Gasteiger partial charge in [0.2, 0.25) is 5.91 Å². The van der Waals surface area contributed by atoms with E-state index in [9.17, 15) is 9.59 Å². The predicted molar refractivity (Wildman–Crippen MR) is 75.0 cm³/mol. The molecule has 1 aromatic carbocycles. The first-order chi connectivity index (χ1) is 9.56. The zero-order valence-electron chi connectivity index (χ0n) is 10.3. The van der Waals surface area contributed by atoms with Crippen molar-refractivity contribution in [2.24, 2.45) is 0 Å². The van der Waals surface area contributed by atoms with E-state index in [1.54, 1.807) is 30.3 Å². The molecule has 2 rings (SSSR count). The van der Waals surface area contributed by atoms with Crippen molar-refractivity contribution in [2.45, 2.75) is 6.42 Å². The molecule has 102 valence electrons. The van der Waals surface area contributed by atoms with Crippen LogP contribution in [0.15, 0.2) is 42.6 Å². The third-order valence-corrected chi connectivity index (χ3v) is 2.81. The Morgan fingerprint density at radius 2 is 1.90 bits per heavy atom. The van der Waals surface area contributed by atoms with Crippen LogP contribution in [0.4, 0.5) is 5.69 Å². The zero-order valence-corrected chi connectivity index (χ0v) is 11.1. The number of nitrogens with zero attached hydrogens (tertiary/aromatic N) is 1. The molecule has 0 atom stereocenters. The smallest absolute Gasteiger partial charge is 0.356 e. The van der Waals surface area contributed by atoms with E-state index in [1.165, 1.54) is 12.3 Å². The largest absolute Gasteiger partial charge is 0.476 e. The van der Waals surface area contributed by atoms with Gasteiger partial charge in [0, 0.05) is 11.2 Å². The van der Waals surface area contributed by atoms with E-state index in [2.05, 4.69) is 10.3 Å². The normalized spacial score (nSPS) is 10.1. The first kappa shape index (κ1) is 14.0. The number of amides is 1. The number of aromatic carboxylic acids is 1. The summed E-state index contributed by atoms with van der Waals surface area (Å²) in [4.78, 5) is 26.6. The van der Waals surface area contributed by atoms with Crippen LogP contribution in [0.25, 0.3) is 0 Å². The molecule has 0 radical (unpaired) electrons. The summed E-state index contributed by atoms with van der Waals surface area (Å²) in [5.74, 6) is -1.50. The molecule has 0 aliphatic carbocycles. The highest BCUT2D eigenvalue weighted by Crippen LogP contribution is 2.14. The first-order valence-corrected chi connectivity index (χ1v) is 6.16. The van der Waals surface area contributed by atoms with Crippen LogP contribution in [0.2, 0.25) is 5.02 Å². The lowest BCUT2D eigenvalue weighted by Crippen LogP contribution is -2.17. The van der Waals surface area contributed by atoms with E-state index in [4.69, 9.17) is 16.7 Å². The number of nitrogens with one attached hydrogen (secondary N) is 1. The Kier molecular flexibility index (Phi) is 4.32. The maximum Gasteiger partial charge on any atom is 0.356 e. The number of carbonyl (C=O) groups is 2. The van der Waals surface area contributed by atoms with Crippen LogP contribution in [0.1, 0.15) is 16.1 Å². The van der Waals surface area contributed by atoms with Crippen LogP contribution < -0.4 is 5.32 Å². The van der Waals surface area contributed by atoms with Crippen molar-refractivity contribution in [2.75, 3.05) is 5.32 Å². The maximum absolute atomic E-state index is 11.9. The van der Waals surface area contributed by atoms with Gasteiger partial charge in [-0.1, -0.05) is 23.7 Å². The molecule has 2 N–H and O–H groups in total. The summed E-state index contributed by atoms with van der Waals surface area (Å²) in [6.45, 7) is 0. The summed E-state index contributed by atoms with van der Waals surface area (Å²) in [7, 11) is 0. The van der Waals surface area contributed by atoms with E-state index in [-0.39, 0.29) is 23.7 Å². The number of carboxylic acid groups (broad SMARTS) is 1. The second-order valence-corrected chi connectivity index (χ2v) is 4.49. The lowest BCUT2D eigenvalue weighted by atomic mass is 10.1. The molecule has 5 nitrogen and oxygen atoms in total. The number of aromatic nitrogens is 1. The minimum atomic E-state index is -1.19. The molecule has 0 saturated heterocycles. The molecule has 0 unspecified atom stereocenters. The van der Waals surface area contributed by atoms with Crippen LogP contribution in [0.3, 0.4) is 0 Å². The fourth-order valence-corrected chi connectivity index (χ4v) is 1.78. The number of benzene rings is 1. The second-order valence-electron chi connectivity index (χ2n) is 4.06.